The van der Waals surface area contributed by atoms with Gasteiger partial charge in [0.1, 0.15) is 0 Å². The summed E-state index contributed by atoms with van der Waals surface area (Å²) in [5.41, 5.74) is 6.23. The fraction of sp³-hybridized carbons (Fsp3) is 0.750. The predicted molar refractivity (Wildman–Crippen MR) is 77.0 cm³/mol. The molecule has 0 saturated heterocycles. The number of fused-ring (bicyclic) bond motifs is 4. The van der Waals surface area contributed by atoms with Gasteiger partial charge in [-0.2, -0.15) is 10.2 Å². The van der Waals surface area contributed by atoms with Crippen LogP contribution < -0.4 is 0 Å². The number of allylic oxidation sites excluding steroid dienone is 2. The average Bonchev–Trinajstić information content (AvgIpc) is 2.36. The molecule has 1 aliphatic heterocycles. The van der Waals surface area contributed by atoms with E-state index in [0.717, 1.165) is 0 Å². The molecule has 0 spiro atoms. The van der Waals surface area contributed by atoms with Gasteiger partial charge in [0.05, 0.1) is 0 Å². The summed E-state index contributed by atoms with van der Waals surface area (Å²) in [4.78, 5) is 0. The minimum atomic E-state index is 0.115. The Kier molecular flexibility index (Phi) is 1.79. The van der Waals surface area contributed by atoms with Gasteiger partial charge >= 0.3 is 0 Å². The molecule has 1 heterocycles. The molecule has 1 saturated carbocycles. The number of hydrogen-bond donors (Lipinski definition) is 0. The molecule has 2 nitrogen and oxygen atoms in total. The summed E-state index contributed by atoms with van der Waals surface area (Å²) in [5.74, 6) is 0. The van der Waals surface area contributed by atoms with Gasteiger partial charge in [0.15, 0.2) is 0 Å². The first-order valence-electron chi connectivity index (χ1n) is 6.90. The van der Waals surface area contributed by atoms with Crippen molar-refractivity contribution in [1.82, 2.24) is 0 Å². The van der Waals surface area contributed by atoms with Gasteiger partial charge in [-0.3, -0.25) is 0 Å². The van der Waals surface area contributed by atoms with E-state index in [1.165, 1.54) is 11.4 Å². The van der Waals surface area contributed by atoms with Crippen LogP contribution in [0.4, 0.5) is 0 Å². The van der Waals surface area contributed by atoms with E-state index in [2.05, 4.69) is 65.6 Å². The highest BCUT2D eigenvalue weighted by Crippen LogP contribution is 2.88. The summed E-state index contributed by atoms with van der Waals surface area (Å²) in [7, 11) is 0. The van der Waals surface area contributed by atoms with E-state index in [0.29, 0.717) is 0 Å². The zero-order valence-electron chi connectivity index (χ0n) is 12.9. The molecule has 1 fully saturated rings. The van der Waals surface area contributed by atoms with Crippen LogP contribution in [-0.4, -0.2) is 11.4 Å². The monoisotopic (exact) mass is 244 g/mol. The van der Waals surface area contributed by atoms with Gasteiger partial charge in [-0.25, -0.2) is 0 Å². The maximum atomic E-state index is 4.45. The first-order chi connectivity index (χ1) is 8.11. The molecule has 0 aromatic heterocycles. The van der Waals surface area contributed by atoms with Crippen molar-refractivity contribution in [2.45, 2.75) is 55.4 Å². The van der Waals surface area contributed by atoms with E-state index < -0.39 is 0 Å². The summed E-state index contributed by atoms with van der Waals surface area (Å²) in [6.45, 7) is 18.5. The predicted octanol–water partition coefficient (Wildman–Crippen LogP) is 4.23. The summed E-state index contributed by atoms with van der Waals surface area (Å²) < 4.78 is 0. The number of rotatable bonds is 0. The third-order valence-corrected chi connectivity index (χ3v) is 7.86. The normalized spacial score (nSPS) is 53.8. The summed E-state index contributed by atoms with van der Waals surface area (Å²) >= 11 is 0. The highest BCUT2D eigenvalue weighted by molar-refractivity contribution is 6.06. The molecule has 0 radical (unpaired) electrons. The lowest BCUT2D eigenvalue weighted by molar-refractivity contribution is -0.230. The lowest BCUT2D eigenvalue weighted by atomic mass is 9.17. The van der Waals surface area contributed by atoms with E-state index in [-0.39, 0.29) is 21.7 Å². The first kappa shape index (κ1) is 12.1. The van der Waals surface area contributed by atoms with Gasteiger partial charge in [0, 0.05) is 33.1 Å². The van der Waals surface area contributed by atoms with E-state index in [4.69, 9.17) is 0 Å². The third kappa shape index (κ3) is 0.645. The molecule has 3 aliphatic rings. The maximum absolute atomic E-state index is 4.45. The van der Waals surface area contributed by atoms with Crippen molar-refractivity contribution >= 4 is 11.4 Å². The van der Waals surface area contributed by atoms with Crippen LogP contribution in [0.25, 0.3) is 0 Å². The van der Waals surface area contributed by atoms with Crippen molar-refractivity contribution < 1.29 is 0 Å². The lowest BCUT2D eigenvalue weighted by Crippen LogP contribution is -2.84. The molecule has 3 rings (SSSR count). The van der Waals surface area contributed by atoms with Crippen molar-refractivity contribution in [1.29, 1.82) is 0 Å². The van der Waals surface area contributed by atoms with Crippen LogP contribution in [0.2, 0.25) is 0 Å². The minimum Gasteiger partial charge on any atom is -0.160 e. The van der Waals surface area contributed by atoms with E-state index in [9.17, 15) is 0 Å². The van der Waals surface area contributed by atoms with Crippen LogP contribution in [0, 0.1) is 21.7 Å². The van der Waals surface area contributed by atoms with Crippen molar-refractivity contribution in [2.24, 2.45) is 31.9 Å². The zero-order chi connectivity index (χ0) is 13.7. The number of hydrogen-bond acceptors (Lipinski definition) is 2. The summed E-state index contributed by atoms with van der Waals surface area (Å²) in [6, 6.07) is 0. The molecule has 2 heteroatoms. The largest absolute Gasteiger partial charge is 0.160 e. The Hall–Kier alpha value is -0.920. The second-order valence-corrected chi connectivity index (χ2v) is 7.12. The minimum absolute atomic E-state index is 0.115. The Balaban J connectivity index is 2.36. The molecule has 0 amide bonds. The molecule has 4 atom stereocenters. The molecule has 0 aromatic rings. The van der Waals surface area contributed by atoms with Gasteiger partial charge in [-0.05, 0) is 27.7 Å². The van der Waals surface area contributed by atoms with E-state index >= 15 is 0 Å². The zero-order valence-corrected chi connectivity index (χ0v) is 12.9. The van der Waals surface area contributed by atoms with Crippen LogP contribution in [0.5, 0.6) is 0 Å². The molecule has 0 bridgehead atoms. The molecule has 0 N–H and O–H groups in total. The Morgan fingerprint density at radius 3 is 1.11 bits per heavy atom. The molecule has 18 heavy (non-hydrogen) atoms. The van der Waals surface area contributed by atoms with E-state index in [1.54, 1.807) is 11.1 Å². The third-order valence-electron chi connectivity index (χ3n) is 7.86. The molecule has 0 aromatic carbocycles. The highest BCUT2D eigenvalue weighted by atomic mass is 15.2. The molecule has 98 valence electrons. The Morgan fingerprint density at radius 1 is 0.556 bits per heavy atom. The van der Waals surface area contributed by atoms with Crippen LogP contribution in [-0.2, 0) is 0 Å². The topological polar surface area (TPSA) is 24.7 Å². The van der Waals surface area contributed by atoms with Crippen LogP contribution in [0.1, 0.15) is 55.4 Å². The fourth-order valence-electron chi connectivity index (χ4n) is 5.92. The quantitative estimate of drug-likeness (QED) is 0.570. The van der Waals surface area contributed by atoms with Crippen molar-refractivity contribution in [3.05, 3.63) is 11.1 Å². The van der Waals surface area contributed by atoms with Crippen molar-refractivity contribution in [2.75, 3.05) is 0 Å². The Labute approximate surface area is 110 Å². The Bertz CT molecular complexity index is 518. The van der Waals surface area contributed by atoms with Gasteiger partial charge in [0.25, 0.3) is 0 Å². The maximum Gasteiger partial charge on any atom is 0.0452 e. The SMILES string of the molecule is CC1=NN=C(C)[C@]2(C)[C@@]1(C)[C@@]1(C)C(C)=C(C)[C@@]21C. The Morgan fingerprint density at radius 2 is 0.833 bits per heavy atom. The standard InChI is InChI=1S/C16H24N2/c1-9-10(2)14(6)13(9,5)15(7)11(3)17-18-12(4)16(14,15)8/h1-8H3/t13-,14+,15+,16-. The van der Waals surface area contributed by atoms with Crippen LogP contribution in [0.3, 0.4) is 0 Å². The van der Waals surface area contributed by atoms with Gasteiger partial charge < -0.3 is 0 Å². The second-order valence-electron chi connectivity index (χ2n) is 7.12. The summed E-state index contributed by atoms with van der Waals surface area (Å²) in [5, 5.41) is 8.89. The molecule has 2 aliphatic carbocycles. The first-order valence-corrected chi connectivity index (χ1v) is 6.90. The van der Waals surface area contributed by atoms with Crippen molar-refractivity contribution in [3.8, 4) is 0 Å². The van der Waals surface area contributed by atoms with E-state index in [1.807, 2.05) is 0 Å². The van der Waals surface area contributed by atoms with Gasteiger partial charge in [0.2, 0.25) is 0 Å². The van der Waals surface area contributed by atoms with Gasteiger partial charge in [-0.1, -0.05) is 38.8 Å². The van der Waals surface area contributed by atoms with Crippen LogP contribution in [0.15, 0.2) is 21.3 Å². The molecule has 0 unspecified atom stereocenters. The second kappa shape index (κ2) is 2.66. The van der Waals surface area contributed by atoms with Crippen LogP contribution >= 0.6 is 0 Å². The van der Waals surface area contributed by atoms with Crippen molar-refractivity contribution in [3.63, 3.8) is 0 Å². The summed E-state index contributed by atoms with van der Waals surface area (Å²) in [6.07, 6.45) is 0. The van der Waals surface area contributed by atoms with Gasteiger partial charge in [-0.15, -0.1) is 0 Å². The fourth-order valence-corrected chi connectivity index (χ4v) is 5.92. The molecular weight excluding hydrogens is 220 g/mol. The lowest BCUT2D eigenvalue weighted by Gasteiger charge is -2.85. The molecular formula is C16H24N2. The average molecular weight is 244 g/mol. The number of nitrogens with zero attached hydrogens (tertiary/aromatic N) is 2. The highest BCUT2D eigenvalue weighted by Gasteiger charge is 2.87. The smallest absolute Gasteiger partial charge is 0.0452 e.